The Morgan fingerprint density at radius 1 is 1.08 bits per heavy atom. The third-order valence-electron chi connectivity index (χ3n) is 4.66. The maximum absolute atomic E-state index is 11.4. The van der Waals surface area contributed by atoms with Crippen LogP contribution in [0.2, 0.25) is 0 Å². The van der Waals surface area contributed by atoms with Gasteiger partial charge in [-0.1, -0.05) is 65.8 Å². The molecule has 0 saturated carbocycles. The Balaban J connectivity index is 1.61. The molecule has 5 heteroatoms. The van der Waals surface area contributed by atoms with Crippen molar-refractivity contribution in [2.24, 2.45) is 16.8 Å². The fourth-order valence-electron chi connectivity index (χ4n) is 3.24. The van der Waals surface area contributed by atoms with Crippen molar-refractivity contribution < 1.29 is 9.63 Å². The van der Waals surface area contributed by atoms with Crippen LogP contribution in [-0.4, -0.2) is 42.8 Å². The van der Waals surface area contributed by atoms with E-state index in [2.05, 4.69) is 10.1 Å². The van der Waals surface area contributed by atoms with Gasteiger partial charge in [-0.25, -0.2) is 0 Å². The molecule has 0 radical (unpaired) electrons. The molecule has 1 unspecified atom stereocenters. The second-order valence-electron chi connectivity index (χ2n) is 6.55. The highest BCUT2D eigenvalue weighted by Gasteiger charge is 2.23. The third-order valence-corrected chi connectivity index (χ3v) is 4.66. The van der Waals surface area contributed by atoms with Gasteiger partial charge in [-0.15, -0.1) is 0 Å². The molecule has 136 valence electrons. The summed E-state index contributed by atoms with van der Waals surface area (Å²) in [6.45, 7) is 2.91. The van der Waals surface area contributed by atoms with E-state index < -0.39 is 0 Å². The summed E-state index contributed by atoms with van der Waals surface area (Å²) in [6.07, 6.45) is 1.88. The Labute approximate surface area is 154 Å². The number of primary amides is 1. The molecule has 0 bridgehead atoms. The minimum absolute atomic E-state index is 0.0450. The molecular weight excluding hydrogens is 326 g/mol. The molecular formula is C21H25N3O2. The van der Waals surface area contributed by atoms with Gasteiger partial charge in [0.15, 0.2) is 0 Å². The summed E-state index contributed by atoms with van der Waals surface area (Å²) < 4.78 is 0. The molecule has 1 aliphatic heterocycles. The first kappa shape index (κ1) is 18.1. The lowest BCUT2D eigenvalue weighted by atomic mass is 9.98. The second-order valence-corrected chi connectivity index (χ2v) is 6.55. The summed E-state index contributed by atoms with van der Waals surface area (Å²) >= 11 is 0. The standard InChI is InChI=1S/C21H25N3O2/c22-21(25)19-12-7-13-24(16-19)14-15-26-23-20(17-8-3-1-4-9-17)18-10-5-2-6-11-18/h1-6,8-11,19H,7,12-16H2,(H2,22,25). The minimum atomic E-state index is -0.205. The summed E-state index contributed by atoms with van der Waals surface area (Å²) in [5.74, 6) is -0.250. The van der Waals surface area contributed by atoms with Gasteiger partial charge in [0, 0.05) is 24.2 Å². The molecule has 1 atom stereocenters. The fourth-order valence-corrected chi connectivity index (χ4v) is 3.24. The Morgan fingerprint density at radius 3 is 2.27 bits per heavy atom. The van der Waals surface area contributed by atoms with Crippen LogP contribution < -0.4 is 5.73 Å². The van der Waals surface area contributed by atoms with Gasteiger partial charge in [-0.05, 0) is 19.4 Å². The zero-order valence-corrected chi connectivity index (χ0v) is 14.9. The summed E-state index contributed by atoms with van der Waals surface area (Å²) in [5, 5.41) is 4.40. The Kier molecular flexibility index (Phi) is 6.39. The molecule has 1 aliphatic rings. The number of carbonyl (C=O) groups is 1. The van der Waals surface area contributed by atoms with Gasteiger partial charge in [-0.2, -0.15) is 0 Å². The molecule has 1 saturated heterocycles. The molecule has 1 fully saturated rings. The van der Waals surface area contributed by atoms with Crippen molar-refractivity contribution in [1.82, 2.24) is 4.90 Å². The molecule has 3 rings (SSSR count). The first-order valence-electron chi connectivity index (χ1n) is 9.06. The lowest BCUT2D eigenvalue weighted by Gasteiger charge is -2.30. The van der Waals surface area contributed by atoms with Crippen molar-refractivity contribution >= 4 is 11.6 Å². The van der Waals surface area contributed by atoms with Crippen LogP contribution in [-0.2, 0) is 9.63 Å². The number of oxime groups is 1. The van der Waals surface area contributed by atoms with Crippen molar-refractivity contribution in [2.75, 3.05) is 26.2 Å². The summed E-state index contributed by atoms with van der Waals surface area (Å²) in [5.41, 5.74) is 8.29. The van der Waals surface area contributed by atoms with Gasteiger partial charge in [-0.3, -0.25) is 9.69 Å². The quantitative estimate of drug-likeness (QED) is 0.474. The lowest BCUT2D eigenvalue weighted by Crippen LogP contribution is -2.42. The largest absolute Gasteiger partial charge is 0.394 e. The van der Waals surface area contributed by atoms with Gasteiger partial charge in [0.1, 0.15) is 12.3 Å². The number of nitrogens with zero attached hydrogens (tertiary/aromatic N) is 2. The second kappa shape index (κ2) is 9.15. The van der Waals surface area contributed by atoms with E-state index in [4.69, 9.17) is 10.6 Å². The Bertz CT molecular complexity index is 690. The normalized spacial score (nSPS) is 17.5. The van der Waals surface area contributed by atoms with Crippen LogP contribution in [0.3, 0.4) is 0 Å². The summed E-state index contributed by atoms with van der Waals surface area (Å²) in [7, 11) is 0. The maximum Gasteiger partial charge on any atom is 0.221 e. The predicted molar refractivity (Wildman–Crippen MR) is 103 cm³/mol. The van der Waals surface area contributed by atoms with E-state index in [9.17, 15) is 4.79 Å². The highest BCUT2D eigenvalue weighted by molar-refractivity contribution is 6.12. The van der Waals surface area contributed by atoms with Crippen LogP contribution in [0.25, 0.3) is 0 Å². The number of benzene rings is 2. The molecule has 2 aromatic carbocycles. The van der Waals surface area contributed by atoms with Gasteiger partial charge in [0.05, 0.1) is 5.92 Å². The van der Waals surface area contributed by atoms with E-state index in [1.165, 1.54) is 0 Å². The van der Waals surface area contributed by atoms with Gasteiger partial charge in [0.2, 0.25) is 5.91 Å². The predicted octanol–water partition coefficient (Wildman–Crippen LogP) is 2.65. The number of amides is 1. The molecule has 1 heterocycles. The molecule has 0 aromatic heterocycles. The monoisotopic (exact) mass is 351 g/mol. The average molecular weight is 351 g/mol. The topological polar surface area (TPSA) is 67.9 Å². The van der Waals surface area contributed by atoms with Crippen molar-refractivity contribution in [3.05, 3.63) is 71.8 Å². The zero-order chi connectivity index (χ0) is 18.2. The highest BCUT2D eigenvalue weighted by Crippen LogP contribution is 2.16. The molecule has 26 heavy (non-hydrogen) atoms. The minimum Gasteiger partial charge on any atom is -0.394 e. The number of hydrogen-bond acceptors (Lipinski definition) is 4. The van der Waals surface area contributed by atoms with Crippen molar-refractivity contribution in [3.63, 3.8) is 0 Å². The average Bonchev–Trinajstić information content (AvgIpc) is 2.69. The number of likely N-dealkylation sites (tertiary alicyclic amines) is 1. The van der Waals surface area contributed by atoms with Crippen LogP contribution >= 0.6 is 0 Å². The smallest absolute Gasteiger partial charge is 0.221 e. The van der Waals surface area contributed by atoms with Crippen LogP contribution in [0.4, 0.5) is 0 Å². The van der Waals surface area contributed by atoms with E-state index in [1.807, 2.05) is 60.7 Å². The molecule has 0 spiro atoms. The van der Waals surface area contributed by atoms with E-state index in [-0.39, 0.29) is 11.8 Å². The molecule has 2 N–H and O–H groups in total. The van der Waals surface area contributed by atoms with Crippen LogP contribution in [0.15, 0.2) is 65.8 Å². The molecule has 5 nitrogen and oxygen atoms in total. The van der Waals surface area contributed by atoms with Crippen LogP contribution in [0.1, 0.15) is 24.0 Å². The van der Waals surface area contributed by atoms with E-state index in [1.54, 1.807) is 0 Å². The molecule has 2 aromatic rings. The summed E-state index contributed by atoms with van der Waals surface area (Å²) in [6, 6.07) is 20.0. The van der Waals surface area contributed by atoms with Crippen molar-refractivity contribution in [2.45, 2.75) is 12.8 Å². The van der Waals surface area contributed by atoms with Crippen LogP contribution in [0.5, 0.6) is 0 Å². The first-order chi connectivity index (χ1) is 12.7. The number of nitrogens with two attached hydrogens (primary N) is 1. The lowest BCUT2D eigenvalue weighted by molar-refractivity contribution is -0.123. The van der Waals surface area contributed by atoms with Crippen molar-refractivity contribution in [3.8, 4) is 0 Å². The zero-order valence-electron chi connectivity index (χ0n) is 14.9. The highest BCUT2D eigenvalue weighted by atomic mass is 16.6. The number of carbonyl (C=O) groups excluding carboxylic acids is 1. The number of hydrogen-bond donors (Lipinski definition) is 1. The van der Waals surface area contributed by atoms with Gasteiger partial charge < -0.3 is 10.6 Å². The Morgan fingerprint density at radius 2 is 1.69 bits per heavy atom. The van der Waals surface area contributed by atoms with Crippen molar-refractivity contribution in [1.29, 1.82) is 0 Å². The van der Waals surface area contributed by atoms with Gasteiger partial charge >= 0.3 is 0 Å². The maximum atomic E-state index is 11.4. The van der Waals surface area contributed by atoms with E-state index in [0.717, 1.165) is 42.8 Å². The first-order valence-corrected chi connectivity index (χ1v) is 9.06. The van der Waals surface area contributed by atoms with Crippen LogP contribution in [0, 0.1) is 5.92 Å². The van der Waals surface area contributed by atoms with E-state index >= 15 is 0 Å². The number of rotatable bonds is 7. The van der Waals surface area contributed by atoms with Gasteiger partial charge in [0.25, 0.3) is 0 Å². The molecule has 1 amide bonds. The number of piperidine rings is 1. The Hall–Kier alpha value is -2.66. The van der Waals surface area contributed by atoms with E-state index in [0.29, 0.717) is 13.2 Å². The third kappa shape index (κ3) is 4.92. The molecule has 0 aliphatic carbocycles. The summed E-state index contributed by atoms with van der Waals surface area (Å²) in [4.78, 5) is 19.2. The SMILES string of the molecule is NC(=O)C1CCCN(CCON=C(c2ccccc2)c2ccccc2)C1. The fraction of sp³-hybridized carbons (Fsp3) is 0.333.